The van der Waals surface area contributed by atoms with Crippen LogP contribution in [0.25, 0.3) is 0 Å². The van der Waals surface area contributed by atoms with E-state index in [9.17, 15) is 19.2 Å². The highest BCUT2D eigenvalue weighted by Crippen LogP contribution is 2.27. The molecule has 1 aromatic rings. The topological polar surface area (TPSA) is 111 Å². The van der Waals surface area contributed by atoms with Gasteiger partial charge in [-0.3, -0.25) is 19.2 Å². The molecule has 2 N–H and O–H groups in total. The van der Waals surface area contributed by atoms with E-state index in [0.29, 0.717) is 42.3 Å². The number of likely N-dealkylation sites (tertiary alicyclic amines) is 1. The number of amides is 4. The van der Waals surface area contributed by atoms with Crippen molar-refractivity contribution in [1.82, 2.24) is 15.1 Å². The Kier molecular flexibility index (Phi) is 8.49. The molecule has 1 aromatic carbocycles. The lowest BCUT2D eigenvalue weighted by Gasteiger charge is -2.31. The number of amidine groups is 1. The Hall–Kier alpha value is -2.88. The Labute approximate surface area is 198 Å². The molecule has 0 aliphatic carbocycles. The van der Waals surface area contributed by atoms with Gasteiger partial charge in [0.25, 0.3) is 11.8 Å². The third-order valence-corrected chi connectivity index (χ3v) is 7.14. The van der Waals surface area contributed by atoms with Crippen LogP contribution in [-0.4, -0.2) is 77.1 Å². The van der Waals surface area contributed by atoms with Gasteiger partial charge in [0.2, 0.25) is 11.8 Å². The van der Waals surface area contributed by atoms with Crippen molar-refractivity contribution in [1.29, 1.82) is 0 Å². The van der Waals surface area contributed by atoms with Crippen LogP contribution in [-0.2, 0) is 14.4 Å². The summed E-state index contributed by atoms with van der Waals surface area (Å²) in [4.78, 5) is 57.3. The average molecular weight is 474 g/mol. The summed E-state index contributed by atoms with van der Waals surface area (Å²) < 4.78 is 0. The molecular formula is C23H31N5O4S. The van der Waals surface area contributed by atoms with Gasteiger partial charge >= 0.3 is 0 Å². The molecule has 0 radical (unpaired) electrons. The lowest BCUT2D eigenvalue weighted by Crippen LogP contribution is -2.42. The molecule has 178 valence electrons. The molecule has 4 amide bonds. The predicted molar refractivity (Wildman–Crippen MR) is 129 cm³/mol. The van der Waals surface area contributed by atoms with E-state index in [2.05, 4.69) is 15.6 Å². The third-order valence-electron chi connectivity index (χ3n) is 5.93. The maximum atomic E-state index is 12.9. The molecular weight excluding hydrogens is 442 g/mol. The molecule has 33 heavy (non-hydrogen) atoms. The molecule has 0 saturated carbocycles. The molecule has 1 fully saturated rings. The standard InChI is InChI=1S/C23H31N5O4S/c1-4-27(5-2)23-26-21(31)18(33-23)14-19(29)25-17-8-6-7-16(13-17)22(32)28-11-9-15(10-12-28)20(30)24-3/h6-8,13,15,18H,4-5,9-12,14H2,1-3H3,(H,24,30)(H,25,29)/t18-/m1/s1. The number of aliphatic imine (C=N–C) groups is 1. The molecule has 0 bridgehead atoms. The molecule has 3 rings (SSSR count). The van der Waals surface area contributed by atoms with Gasteiger partial charge < -0.3 is 20.4 Å². The highest BCUT2D eigenvalue weighted by Gasteiger charge is 2.32. The van der Waals surface area contributed by atoms with E-state index >= 15 is 0 Å². The van der Waals surface area contributed by atoms with Crippen LogP contribution in [0.1, 0.15) is 43.5 Å². The van der Waals surface area contributed by atoms with E-state index in [-0.39, 0.29) is 36.0 Å². The summed E-state index contributed by atoms with van der Waals surface area (Å²) in [6.07, 6.45) is 1.28. The molecule has 2 aliphatic rings. The fourth-order valence-electron chi connectivity index (χ4n) is 3.98. The van der Waals surface area contributed by atoms with Gasteiger partial charge in [0.05, 0.1) is 0 Å². The van der Waals surface area contributed by atoms with E-state index in [1.54, 1.807) is 36.2 Å². The van der Waals surface area contributed by atoms with Gasteiger partial charge in [-0.1, -0.05) is 17.8 Å². The molecule has 0 unspecified atom stereocenters. The monoisotopic (exact) mass is 473 g/mol. The zero-order valence-electron chi connectivity index (χ0n) is 19.3. The van der Waals surface area contributed by atoms with Gasteiger partial charge in [-0.25, -0.2) is 0 Å². The van der Waals surface area contributed by atoms with Crippen LogP contribution in [0.3, 0.4) is 0 Å². The van der Waals surface area contributed by atoms with E-state index in [0.717, 1.165) is 13.1 Å². The minimum atomic E-state index is -0.535. The van der Waals surface area contributed by atoms with Crippen LogP contribution in [0.4, 0.5) is 5.69 Å². The summed E-state index contributed by atoms with van der Waals surface area (Å²) in [5, 5.41) is 5.59. The van der Waals surface area contributed by atoms with Gasteiger partial charge in [0.1, 0.15) is 5.25 Å². The Morgan fingerprint density at radius 3 is 2.52 bits per heavy atom. The molecule has 10 heteroatoms. The van der Waals surface area contributed by atoms with Crippen molar-refractivity contribution in [3.05, 3.63) is 29.8 Å². The fourth-order valence-corrected chi connectivity index (χ4v) is 5.17. The zero-order valence-corrected chi connectivity index (χ0v) is 20.1. The number of rotatable bonds is 7. The maximum Gasteiger partial charge on any atom is 0.262 e. The second-order valence-electron chi connectivity index (χ2n) is 8.03. The maximum absolute atomic E-state index is 12.9. The number of nitrogens with one attached hydrogen (secondary N) is 2. The number of piperidine rings is 1. The summed E-state index contributed by atoms with van der Waals surface area (Å²) in [6.45, 7) is 6.52. The number of hydrogen-bond donors (Lipinski definition) is 2. The van der Waals surface area contributed by atoms with Crippen LogP contribution in [0.2, 0.25) is 0 Å². The highest BCUT2D eigenvalue weighted by atomic mass is 32.2. The van der Waals surface area contributed by atoms with Crippen LogP contribution in [0.5, 0.6) is 0 Å². The van der Waals surface area contributed by atoms with Gasteiger partial charge in [0, 0.05) is 56.8 Å². The van der Waals surface area contributed by atoms with E-state index in [1.807, 2.05) is 18.7 Å². The lowest BCUT2D eigenvalue weighted by molar-refractivity contribution is -0.125. The van der Waals surface area contributed by atoms with E-state index < -0.39 is 5.25 Å². The van der Waals surface area contributed by atoms with Crippen molar-refractivity contribution in [2.24, 2.45) is 10.9 Å². The van der Waals surface area contributed by atoms with Crippen LogP contribution >= 0.6 is 11.8 Å². The number of carbonyl (C=O) groups is 4. The molecule has 0 aromatic heterocycles. The Morgan fingerprint density at radius 2 is 1.88 bits per heavy atom. The number of benzene rings is 1. The van der Waals surface area contributed by atoms with Crippen LogP contribution in [0.15, 0.2) is 29.3 Å². The lowest BCUT2D eigenvalue weighted by atomic mass is 9.95. The van der Waals surface area contributed by atoms with Crippen molar-refractivity contribution >= 4 is 46.2 Å². The largest absolute Gasteiger partial charge is 0.359 e. The van der Waals surface area contributed by atoms with Crippen molar-refractivity contribution in [2.45, 2.75) is 38.4 Å². The van der Waals surface area contributed by atoms with Crippen LogP contribution < -0.4 is 10.6 Å². The van der Waals surface area contributed by atoms with Gasteiger partial charge in [0.15, 0.2) is 5.17 Å². The number of carbonyl (C=O) groups excluding carboxylic acids is 4. The Balaban J connectivity index is 1.55. The van der Waals surface area contributed by atoms with Gasteiger partial charge in [-0.2, -0.15) is 4.99 Å². The highest BCUT2D eigenvalue weighted by molar-refractivity contribution is 8.15. The third kappa shape index (κ3) is 6.13. The summed E-state index contributed by atoms with van der Waals surface area (Å²) in [7, 11) is 1.62. The SMILES string of the molecule is CCN(CC)C1=NC(=O)[C@@H](CC(=O)Nc2cccc(C(=O)N3CCC(C(=O)NC)CC3)c2)S1. The van der Waals surface area contributed by atoms with Crippen molar-refractivity contribution in [2.75, 3.05) is 38.5 Å². The second-order valence-corrected chi connectivity index (χ2v) is 9.20. The number of anilines is 1. The molecule has 0 spiro atoms. The number of hydrogen-bond acceptors (Lipinski definition) is 6. The molecule has 2 aliphatic heterocycles. The normalized spacial score (nSPS) is 18.6. The summed E-state index contributed by atoms with van der Waals surface area (Å²) in [6, 6.07) is 6.79. The predicted octanol–water partition coefficient (Wildman–Crippen LogP) is 1.95. The van der Waals surface area contributed by atoms with Crippen LogP contribution in [0, 0.1) is 5.92 Å². The average Bonchev–Trinajstić information content (AvgIpc) is 3.18. The van der Waals surface area contributed by atoms with Gasteiger partial charge in [-0.15, -0.1) is 0 Å². The van der Waals surface area contributed by atoms with E-state index in [1.165, 1.54) is 11.8 Å². The Bertz CT molecular complexity index is 939. The fraction of sp³-hybridized carbons (Fsp3) is 0.522. The van der Waals surface area contributed by atoms with E-state index in [4.69, 9.17) is 0 Å². The van der Waals surface area contributed by atoms with Crippen molar-refractivity contribution in [3.8, 4) is 0 Å². The summed E-state index contributed by atoms with van der Waals surface area (Å²) >= 11 is 1.32. The van der Waals surface area contributed by atoms with Gasteiger partial charge in [-0.05, 0) is 44.9 Å². The first kappa shape index (κ1) is 24.8. The summed E-state index contributed by atoms with van der Waals surface area (Å²) in [5.41, 5.74) is 0.982. The first-order valence-electron chi connectivity index (χ1n) is 11.3. The minimum Gasteiger partial charge on any atom is -0.359 e. The minimum absolute atomic E-state index is 0.0142. The van der Waals surface area contributed by atoms with Crippen molar-refractivity contribution in [3.63, 3.8) is 0 Å². The number of nitrogens with zero attached hydrogens (tertiary/aromatic N) is 3. The molecule has 1 atom stereocenters. The molecule has 2 heterocycles. The smallest absolute Gasteiger partial charge is 0.262 e. The summed E-state index contributed by atoms with van der Waals surface area (Å²) in [5.74, 6) is -0.762. The Morgan fingerprint density at radius 1 is 1.18 bits per heavy atom. The second kappa shape index (κ2) is 11.3. The first-order valence-corrected chi connectivity index (χ1v) is 12.2. The molecule has 1 saturated heterocycles. The quantitative estimate of drug-likeness (QED) is 0.626. The molecule has 9 nitrogen and oxygen atoms in total. The number of thioether (sulfide) groups is 1. The van der Waals surface area contributed by atoms with Crippen molar-refractivity contribution < 1.29 is 19.2 Å². The first-order chi connectivity index (χ1) is 15.9. The zero-order chi connectivity index (χ0) is 24.0.